The summed E-state index contributed by atoms with van der Waals surface area (Å²) in [6.45, 7) is 0.876. The average molecular weight is 419 g/mol. The number of alkyl halides is 3. The van der Waals surface area contributed by atoms with Gasteiger partial charge in [0.05, 0.1) is 11.3 Å². The van der Waals surface area contributed by atoms with Crippen LogP contribution in [-0.4, -0.2) is 35.6 Å². The lowest BCUT2D eigenvalue weighted by molar-refractivity contribution is -0.154. The van der Waals surface area contributed by atoms with Crippen LogP contribution in [0.4, 0.5) is 23.7 Å². The number of piperidine rings is 1. The molecule has 2 heterocycles. The molecule has 158 valence electrons. The summed E-state index contributed by atoms with van der Waals surface area (Å²) in [7, 11) is 0. The average Bonchev–Trinajstić information content (AvgIpc) is 3.14. The summed E-state index contributed by atoms with van der Waals surface area (Å²) >= 11 is 0. The van der Waals surface area contributed by atoms with Gasteiger partial charge in [0.1, 0.15) is 5.60 Å². The van der Waals surface area contributed by atoms with Gasteiger partial charge in [-0.2, -0.15) is 13.2 Å². The van der Waals surface area contributed by atoms with Crippen LogP contribution in [0.2, 0.25) is 0 Å². The van der Waals surface area contributed by atoms with E-state index in [9.17, 15) is 18.0 Å². The Hall–Kier alpha value is -3.07. The Bertz CT molecular complexity index is 939. The molecule has 0 saturated carbocycles. The Morgan fingerprint density at radius 2 is 1.83 bits per heavy atom. The summed E-state index contributed by atoms with van der Waals surface area (Å²) in [5.74, 6) is 0. The number of benzene rings is 2. The maximum absolute atomic E-state index is 12.8. The van der Waals surface area contributed by atoms with Crippen LogP contribution in [0, 0.1) is 0 Å². The van der Waals surface area contributed by atoms with Crippen LogP contribution >= 0.6 is 0 Å². The van der Waals surface area contributed by atoms with Crippen molar-refractivity contribution in [2.45, 2.75) is 31.0 Å². The van der Waals surface area contributed by atoms with E-state index in [1.54, 1.807) is 0 Å². The van der Waals surface area contributed by atoms with Gasteiger partial charge < -0.3 is 9.68 Å². The minimum Gasteiger partial charge on any atom is -0.388 e. The smallest absolute Gasteiger partial charge is 0.388 e. The van der Waals surface area contributed by atoms with Crippen molar-refractivity contribution in [3.05, 3.63) is 65.7 Å². The third-order valence-electron chi connectivity index (χ3n) is 5.23. The second kappa shape index (κ2) is 7.98. The molecule has 0 unspecified atom stereocenters. The molecule has 1 N–H and O–H groups in total. The van der Waals surface area contributed by atoms with E-state index < -0.39 is 23.4 Å². The fourth-order valence-electron chi connectivity index (χ4n) is 3.59. The van der Waals surface area contributed by atoms with Crippen molar-refractivity contribution in [1.29, 1.82) is 0 Å². The SMILES string of the molecule is O=C(Nc1cccc(C(F)(F)F)c1)ON1CCC2(CC1)CC(c1ccccc1)=NO2. The molecule has 2 aromatic carbocycles. The highest BCUT2D eigenvalue weighted by atomic mass is 19.4. The fraction of sp³-hybridized carbons (Fsp3) is 0.333. The number of halogens is 3. The third kappa shape index (κ3) is 4.56. The van der Waals surface area contributed by atoms with Gasteiger partial charge in [-0.15, -0.1) is 5.06 Å². The lowest BCUT2D eigenvalue weighted by Gasteiger charge is -2.35. The van der Waals surface area contributed by atoms with Gasteiger partial charge in [0, 0.05) is 38.0 Å². The Labute approximate surface area is 171 Å². The van der Waals surface area contributed by atoms with E-state index in [0.29, 0.717) is 32.4 Å². The summed E-state index contributed by atoms with van der Waals surface area (Å²) in [4.78, 5) is 23.1. The number of nitrogens with one attached hydrogen (secondary N) is 1. The predicted molar refractivity (Wildman–Crippen MR) is 104 cm³/mol. The topological polar surface area (TPSA) is 63.2 Å². The number of carbonyl (C=O) groups is 1. The number of anilines is 1. The number of carbonyl (C=O) groups excluding carboxylic acids is 1. The van der Waals surface area contributed by atoms with E-state index in [1.807, 2.05) is 30.3 Å². The van der Waals surface area contributed by atoms with Crippen LogP contribution in [-0.2, 0) is 15.9 Å². The van der Waals surface area contributed by atoms with E-state index >= 15 is 0 Å². The highest BCUT2D eigenvalue weighted by molar-refractivity contribution is 6.01. The summed E-state index contributed by atoms with van der Waals surface area (Å²) in [5, 5.41) is 8.06. The number of amides is 1. The Morgan fingerprint density at radius 3 is 2.53 bits per heavy atom. The summed E-state index contributed by atoms with van der Waals surface area (Å²) in [6.07, 6.45) is -3.40. The van der Waals surface area contributed by atoms with Crippen molar-refractivity contribution in [1.82, 2.24) is 5.06 Å². The highest BCUT2D eigenvalue weighted by Gasteiger charge is 2.43. The van der Waals surface area contributed by atoms with E-state index in [2.05, 4.69) is 10.5 Å². The van der Waals surface area contributed by atoms with Crippen LogP contribution in [0.5, 0.6) is 0 Å². The summed E-state index contributed by atoms with van der Waals surface area (Å²) in [6, 6.07) is 14.2. The molecule has 4 rings (SSSR count). The van der Waals surface area contributed by atoms with Crippen molar-refractivity contribution in [2.24, 2.45) is 5.16 Å². The first kappa shape index (κ1) is 20.2. The van der Waals surface area contributed by atoms with E-state index in [4.69, 9.17) is 9.68 Å². The predicted octanol–water partition coefficient (Wildman–Crippen LogP) is 4.83. The first-order chi connectivity index (χ1) is 14.3. The van der Waals surface area contributed by atoms with Crippen molar-refractivity contribution in [3.8, 4) is 0 Å². The molecule has 1 amide bonds. The normalized spacial score (nSPS) is 18.6. The third-order valence-corrected chi connectivity index (χ3v) is 5.23. The lowest BCUT2D eigenvalue weighted by atomic mass is 9.86. The lowest BCUT2D eigenvalue weighted by Crippen LogP contribution is -2.45. The molecule has 1 fully saturated rings. The van der Waals surface area contributed by atoms with Gasteiger partial charge in [-0.25, -0.2) is 4.79 Å². The van der Waals surface area contributed by atoms with E-state index in [1.165, 1.54) is 17.2 Å². The maximum atomic E-state index is 12.8. The second-order valence-electron chi connectivity index (χ2n) is 7.37. The van der Waals surface area contributed by atoms with E-state index in [-0.39, 0.29) is 5.69 Å². The molecule has 0 radical (unpaired) electrons. The summed E-state index contributed by atoms with van der Waals surface area (Å²) < 4.78 is 38.4. The van der Waals surface area contributed by atoms with Crippen LogP contribution in [0.25, 0.3) is 0 Å². The molecule has 2 aliphatic heterocycles. The van der Waals surface area contributed by atoms with Crippen molar-refractivity contribution in [2.75, 3.05) is 18.4 Å². The first-order valence-electron chi connectivity index (χ1n) is 9.55. The zero-order chi connectivity index (χ0) is 21.2. The second-order valence-corrected chi connectivity index (χ2v) is 7.37. The van der Waals surface area contributed by atoms with Gasteiger partial charge in [-0.05, 0) is 23.8 Å². The van der Waals surface area contributed by atoms with Gasteiger partial charge in [0.2, 0.25) is 0 Å². The van der Waals surface area contributed by atoms with Gasteiger partial charge >= 0.3 is 12.3 Å². The van der Waals surface area contributed by atoms with Crippen molar-refractivity contribution in [3.63, 3.8) is 0 Å². The molecular formula is C21H20F3N3O3. The Kier molecular flexibility index (Phi) is 5.38. The molecular weight excluding hydrogens is 399 g/mol. The largest absolute Gasteiger partial charge is 0.430 e. The molecule has 9 heteroatoms. The molecule has 2 aromatic rings. The quantitative estimate of drug-likeness (QED) is 0.774. The van der Waals surface area contributed by atoms with Gasteiger partial charge in [-0.1, -0.05) is 41.6 Å². The van der Waals surface area contributed by atoms with Gasteiger partial charge in [-0.3, -0.25) is 5.32 Å². The Morgan fingerprint density at radius 1 is 1.10 bits per heavy atom. The minimum absolute atomic E-state index is 0.0170. The number of hydroxylamine groups is 2. The molecule has 0 bridgehead atoms. The number of hydrogen-bond donors (Lipinski definition) is 1. The molecule has 0 aromatic heterocycles. The molecule has 30 heavy (non-hydrogen) atoms. The van der Waals surface area contributed by atoms with Crippen LogP contribution in [0.1, 0.15) is 30.4 Å². The molecule has 1 saturated heterocycles. The maximum Gasteiger partial charge on any atom is 0.430 e. The van der Waals surface area contributed by atoms with Gasteiger partial charge in [0.25, 0.3) is 0 Å². The van der Waals surface area contributed by atoms with Crippen LogP contribution in [0.15, 0.2) is 59.8 Å². The molecule has 0 atom stereocenters. The molecule has 1 spiro atoms. The first-order valence-corrected chi connectivity index (χ1v) is 9.55. The monoisotopic (exact) mass is 419 g/mol. The number of nitrogens with zero attached hydrogens (tertiary/aromatic N) is 2. The zero-order valence-corrected chi connectivity index (χ0v) is 16.0. The van der Waals surface area contributed by atoms with E-state index in [0.717, 1.165) is 23.4 Å². The molecule has 2 aliphatic rings. The number of hydrogen-bond acceptors (Lipinski definition) is 5. The summed E-state index contributed by atoms with van der Waals surface area (Å²) in [5.41, 5.74) is 0.680. The van der Waals surface area contributed by atoms with Gasteiger partial charge in [0.15, 0.2) is 0 Å². The molecule has 0 aliphatic carbocycles. The Balaban J connectivity index is 1.28. The number of rotatable bonds is 3. The van der Waals surface area contributed by atoms with Crippen molar-refractivity contribution < 1.29 is 27.6 Å². The standard InChI is InChI=1S/C21H20F3N3O3/c22-21(23,24)16-7-4-8-17(13-16)25-19(28)29-27-11-9-20(10-12-27)14-18(26-30-20)15-5-2-1-3-6-15/h1-8,13H,9-12,14H2,(H,25,28). The molecule has 6 nitrogen and oxygen atoms in total. The fourth-order valence-corrected chi connectivity index (χ4v) is 3.59. The van der Waals surface area contributed by atoms with Crippen LogP contribution < -0.4 is 5.32 Å². The van der Waals surface area contributed by atoms with Crippen LogP contribution in [0.3, 0.4) is 0 Å². The minimum atomic E-state index is -4.48. The number of oxime groups is 1. The zero-order valence-electron chi connectivity index (χ0n) is 16.0. The van der Waals surface area contributed by atoms with Crippen molar-refractivity contribution >= 4 is 17.5 Å². The highest BCUT2D eigenvalue weighted by Crippen LogP contribution is 2.36.